The van der Waals surface area contributed by atoms with Crippen LogP contribution in [0, 0.1) is 0 Å². The van der Waals surface area contributed by atoms with Crippen LogP contribution < -0.4 is 5.32 Å². The SMILES string of the molecule is CC(C)(C)NCCC1Cc2ccccc2S1. The summed E-state index contributed by atoms with van der Waals surface area (Å²) in [6.45, 7) is 7.80. The summed E-state index contributed by atoms with van der Waals surface area (Å²) in [6, 6.07) is 8.80. The summed E-state index contributed by atoms with van der Waals surface area (Å²) in [6.07, 6.45) is 2.50. The summed E-state index contributed by atoms with van der Waals surface area (Å²) in [5.41, 5.74) is 1.78. The lowest BCUT2D eigenvalue weighted by Crippen LogP contribution is -2.37. The van der Waals surface area contributed by atoms with Gasteiger partial charge in [0.05, 0.1) is 0 Å². The van der Waals surface area contributed by atoms with Gasteiger partial charge in [-0.2, -0.15) is 0 Å². The van der Waals surface area contributed by atoms with E-state index in [-0.39, 0.29) is 5.54 Å². The summed E-state index contributed by atoms with van der Waals surface area (Å²) in [7, 11) is 0. The van der Waals surface area contributed by atoms with Crippen LogP contribution in [-0.2, 0) is 6.42 Å². The lowest BCUT2D eigenvalue weighted by molar-refractivity contribution is 0.421. The van der Waals surface area contributed by atoms with Crippen molar-refractivity contribution in [3.05, 3.63) is 29.8 Å². The number of nitrogens with one attached hydrogen (secondary N) is 1. The van der Waals surface area contributed by atoms with E-state index >= 15 is 0 Å². The van der Waals surface area contributed by atoms with E-state index in [4.69, 9.17) is 0 Å². The van der Waals surface area contributed by atoms with Crippen molar-refractivity contribution < 1.29 is 0 Å². The van der Waals surface area contributed by atoms with Crippen molar-refractivity contribution in [2.24, 2.45) is 0 Å². The molecule has 1 atom stereocenters. The van der Waals surface area contributed by atoms with E-state index in [1.54, 1.807) is 0 Å². The zero-order chi connectivity index (χ0) is 11.6. The molecule has 0 radical (unpaired) electrons. The van der Waals surface area contributed by atoms with E-state index in [0.717, 1.165) is 11.8 Å². The van der Waals surface area contributed by atoms with Crippen molar-refractivity contribution in [3.63, 3.8) is 0 Å². The number of hydrogen-bond donors (Lipinski definition) is 1. The molecule has 16 heavy (non-hydrogen) atoms. The fraction of sp³-hybridized carbons (Fsp3) is 0.571. The maximum absolute atomic E-state index is 3.56. The average molecular weight is 235 g/mol. The fourth-order valence-electron chi connectivity index (χ4n) is 2.02. The molecule has 0 spiro atoms. The Bertz CT molecular complexity index is 329. The van der Waals surface area contributed by atoms with Crippen molar-refractivity contribution in [2.75, 3.05) is 6.54 Å². The molecule has 1 aliphatic heterocycles. The minimum Gasteiger partial charge on any atom is -0.312 e. The Morgan fingerprint density at radius 3 is 2.75 bits per heavy atom. The second-order valence-electron chi connectivity index (χ2n) is 5.52. The van der Waals surface area contributed by atoms with E-state index in [2.05, 4.69) is 50.4 Å². The molecule has 1 aromatic rings. The van der Waals surface area contributed by atoms with Crippen molar-refractivity contribution in [3.8, 4) is 0 Å². The summed E-state index contributed by atoms with van der Waals surface area (Å²) in [4.78, 5) is 1.49. The molecular formula is C14H21NS. The molecule has 2 heteroatoms. The highest BCUT2D eigenvalue weighted by Gasteiger charge is 2.21. The van der Waals surface area contributed by atoms with Crippen molar-refractivity contribution >= 4 is 11.8 Å². The molecule has 88 valence electrons. The number of fused-ring (bicyclic) bond motifs is 1. The third kappa shape index (κ3) is 3.26. The van der Waals surface area contributed by atoms with Crippen LogP contribution in [0.15, 0.2) is 29.2 Å². The topological polar surface area (TPSA) is 12.0 Å². The largest absolute Gasteiger partial charge is 0.312 e. The normalized spacial score (nSPS) is 19.8. The smallest absolute Gasteiger partial charge is 0.0147 e. The van der Waals surface area contributed by atoms with Gasteiger partial charge in [0.15, 0.2) is 0 Å². The van der Waals surface area contributed by atoms with Gasteiger partial charge in [-0.1, -0.05) is 18.2 Å². The van der Waals surface area contributed by atoms with Crippen LogP contribution in [0.2, 0.25) is 0 Å². The highest BCUT2D eigenvalue weighted by Crippen LogP contribution is 2.37. The second kappa shape index (κ2) is 4.80. The first-order valence-electron chi connectivity index (χ1n) is 6.04. The molecule has 0 saturated carbocycles. The van der Waals surface area contributed by atoms with Gasteiger partial charge < -0.3 is 5.32 Å². The highest BCUT2D eigenvalue weighted by atomic mass is 32.2. The zero-order valence-corrected chi connectivity index (χ0v) is 11.2. The predicted octanol–water partition coefficient (Wildman–Crippen LogP) is 3.48. The molecule has 0 saturated heterocycles. The summed E-state index contributed by atoms with van der Waals surface area (Å²) in [5.74, 6) is 0. The van der Waals surface area contributed by atoms with Gasteiger partial charge in [0.1, 0.15) is 0 Å². The molecule has 2 rings (SSSR count). The van der Waals surface area contributed by atoms with E-state index in [9.17, 15) is 0 Å². The number of thioether (sulfide) groups is 1. The Morgan fingerprint density at radius 2 is 2.06 bits per heavy atom. The standard InChI is InChI=1S/C14H21NS/c1-14(2,3)15-9-8-12-10-11-6-4-5-7-13(11)16-12/h4-7,12,15H,8-10H2,1-3H3. The van der Waals surface area contributed by atoms with Gasteiger partial charge >= 0.3 is 0 Å². The maximum atomic E-state index is 3.56. The molecule has 0 aromatic heterocycles. The number of hydrogen-bond acceptors (Lipinski definition) is 2. The zero-order valence-electron chi connectivity index (χ0n) is 10.4. The van der Waals surface area contributed by atoms with Crippen LogP contribution >= 0.6 is 11.8 Å². The summed E-state index contributed by atoms with van der Waals surface area (Å²) >= 11 is 2.05. The Hall–Kier alpha value is -0.470. The minimum atomic E-state index is 0.246. The highest BCUT2D eigenvalue weighted by molar-refractivity contribution is 8.00. The van der Waals surface area contributed by atoms with Gasteiger partial charge in [0.2, 0.25) is 0 Å². The molecule has 1 N–H and O–H groups in total. The molecular weight excluding hydrogens is 214 g/mol. The third-order valence-electron chi connectivity index (χ3n) is 2.84. The third-order valence-corrected chi connectivity index (χ3v) is 4.22. The Balaban J connectivity index is 1.79. The van der Waals surface area contributed by atoms with Crippen LogP contribution in [0.4, 0.5) is 0 Å². The first-order valence-corrected chi connectivity index (χ1v) is 6.92. The van der Waals surface area contributed by atoms with E-state index in [1.165, 1.54) is 23.3 Å². The summed E-state index contributed by atoms with van der Waals surface area (Å²) in [5, 5.41) is 4.33. The molecule has 1 aromatic carbocycles. The first-order chi connectivity index (χ1) is 7.54. The minimum absolute atomic E-state index is 0.246. The summed E-state index contributed by atoms with van der Waals surface area (Å²) < 4.78 is 0. The molecule has 1 aliphatic rings. The molecule has 0 aliphatic carbocycles. The lowest BCUT2D eigenvalue weighted by atomic mass is 10.1. The van der Waals surface area contributed by atoms with Crippen molar-refractivity contribution in [1.82, 2.24) is 5.32 Å². The van der Waals surface area contributed by atoms with Crippen LogP contribution in [0.25, 0.3) is 0 Å². The molecule has 0 amide bonds. The van der Waals surface area contributed by atoms with Crippen LogP contribution in [0.3, 0.4) is 0 Å². The van der Waals surface area contributed by atoms with Gasteiger partial charge in [-0.15, -0.1) is 11.8 Å². The monoisotopic (exact) mass is 235 g/mol. The number of benzene rings is 1. The molecule has 0 bridgehead atoms. The quantitative estimate of drug-likeness (QED) is 0.861. The van der Waals surface area contributed by atoms with Gasteiger partial charge in [-0.25, -0.2) is 0 Å². The van der Waals surface area contributed by atoms with Crippen LogP contribution in [0.5, 0.6) is 0 Å². The fourth-order valence-corrected chi connectivity index (χ4v) is 3.34. The van der Waals surface area contributed by atoms with Crippen LogP contribution in [0.1, 0.15) is 32.8 Å². The molecule has 1 unspecified atom stereocenters. The Labute approximate surface area is 103 Å². The van der Waals surface area contributed by atoms with E-state index in [0.29, 0.717) is 0 Å². The predicted molar refractivity (Wildman–Crippen MR) is 72.2 cm³/mol. The number of rotatable bonds is 3. The molecule has 1 heterocycles. The Kier molecular flexibility index (Phi) is 3.60. The van der Waals surface area contributed by atoms with Crippen molar-refractivity contribution in [1.29, 1.82) is 0 Å². The second-order valence-corrected chi connectivity index (χ2v) is 6.86. The van der Waals surface area contributed by atoms with Gasteiger partial charge in [0.25, 0.3) is 0 Å². The van der Waals surface area contributed by atoms with Gasteiger partial charge in [0, 0.05) is 15.7 Å². The Morgan fingerprint density at radius 1 is 1.31 bits per heavy atom. The van der Waals surface area contributed by atoms with E-state index < -0.39 is 0 Å². The molecule has 1 nitrogen and oxygen atoms in total. The van der Waals surface area contributed by atoms with Crippen LogP contribution in [-0.4, -0.2) is 17.3 Å². The van der Waals surface area contributed by atoms with Gasteiger partial charge in [-0.05, 0) is 51.8 Å². The lowest BCUT2D eigenvalue weighted by Gasteiger charge is -2.21. The molecule has 0 fully saturated rings. The average Bonchev–Trinajstić information content (AvgIpc) is 2.57. The van der Waals surface area contributed by atoms with Gasteiger partial charge in [-0.3, -0.25) is 0 Å². The van der Waals surface area contributed by atoms with E-state index in [1.807, 2.05) is 11.8 Å². The van der Waals surface area contributed by atoms with Crippen molar-refractivity contribution in [2.45, 2.75) is 49.3 Å². The first kappa shape index (κ1) is 12.0. The maximum Gasteiger partial charge on any atom is 0.0147 e.